The second-order valence-electron chi connectivity index (χ2n) is 3.38. The molecule has 0 bridgehead atoms. The molecular formula is C11H7ClN2O. The van der Waals surface area contributed by atoms with Gasteiger partial charge in [0.25, 0.3) is 0 Å². The van der Waals surface area contributed by atoms with Crippen molar-refractivity contribution in [2.75, 3.05) is 0 Å². The Labute approximate surface area is 90.7 Å². The summed E-state index contributed by atoms with van der Waals surface area (Å²) in [5.41, 5.74) is 3.89. The molecule has 3 aromatic rings. The van der Waals surface area contributed by atoms with Gasteiger partial charge in [-0.25, -0.2) is 9.97 Å². The third-order valence-electron chi connectivity index (χ3n) is 2.27. The number of furan rings is 1. The van der Waals surface area contributed by atoms with E-state index in [0.717, 1.165) is 22.3 Å². The molecule has 3 nitrogen and oxygen atoms in total. The topological polar surface area (TPSA) is 38.9 Å². The lowest BCUT2D eigenvalue weighted by atomic mass is 10.3. The molecule has 3 aromatic heterocycles. The van der Waals surface area contributed by atoms with Crippen molar-refractivity contribution >= 4 is 33.8 Å². The number of halogens is 1. The predicted molar refractivity (Wildman–Crippen MR) is 59.1 cm³/mol. The molecule has 0 atom stereocenters. The average Bonchev–Trinajstić information content (AvgIpc) is 2.56. The number of fused-ring (bicyclic) bond motifs is 3. The number of rotatable bonds is 0. The quantitative estimate of drug-likeness (QED) is 0.544. The van der Waals surface area contributed by atoms with Gasteiger partial charge < -0.3 is 4.42 Å². The van der Waals surface area contributed by atoms with E-state index < -0.39 is 0 Å². The number of pyridine rings is 2. The largest absolute Gasteiger partial charge is 0.453 e. The van der Waals surface area contributed by atoms with Crippen LogP contribution in [0.15, 0.2) is 28.7 Å². The molecule has 3 rings (SSSR count). The van der Waals surface area contributed by atoms with E-state index in [0.29, 0.717) is 10.7 Å². The number of hydrogen-bond donors (Lipinski definition) is 0. The molecule has 0 saturated heterocycles. The van der Waals surface area contributed by atoms with Crippen LogP contribution in [-0.2, 0) is 0 Å². The van der Waals surface area contributed by atoms with Crippen LogP contribution >= 0.6 is 11.6 Å². The number of hydrogen-bond acceptors (Lipinski definition) is 3. The van der Waals surface area contributed by atoms with Crippen molar-refractivity contribution < 1.29 is 4.42 Å². The van der Waals surface area contributed by atoms with E-state index in [1.54, 1.807) is 6.07 Å². The van der Waals surface area contributed by atoms with E-state index in [2.05, 4.69) is 9.97 Å². The summed E-state index contributed by atoms with van der Waals surface area (Å²) in [6.45, 7) is 1.93. The first-order valence-corrected chi connectivity index (χ1v) is 4.94. The molecule has 0 fully saturated rings. The van der Waals surface area contributed by atoms with Crippen molar-refractivity contribution in [1.29, 1.82) is 0 Å². The molecule has 0 aliphatic rings. The Kier molecular flexibility index (Phi) is 1.70. The van der Waals surface area contributed by atoms with Crippen molar-refractivity contribution in [1.82, 2.24) is 9.97 Å². The van der Waals surface area contributed by atoms with Gasteiger partial charge in [-0.2, -0.15) is 0 Å². The van der Waals surface area contributed by atoms with Gasteiger partial charge in [0.05, 0.1) is 0 Å². The van der Waals surface area contributed by atoms with Gasteiger partial charge in [-0.1, -0.05) is 11.6 Å². The maximum absolute atomic E-state index is 5.84. The Hall–Kier alpha value is -1.61. The average molecular weight is 219 g/mol. The lowest BCUT2D eigenvalue weighted by Crippen LogP contribution is -1.81. The van der Waals surface area contributed by atoms with E-state index >= 15 is 0 Å². The van der Waals surface area contributed by atoms with Crippen LogP contribution in [0.1, 0.15) is 5.69 Å². The van der Waals surface area contributed by atoms with Crippen molar-refractivity contribution in [3.8, 4) is 0 Å². The summed E-state index contributed by atoms with van der Waals surface area (Å²) >= 11 is 5.84. The van der Waals surface area contributed by atoms with E-state index in [9.17, 15) is 0 Å². The predicted octanol–water partition coefficient (Wildman–Crippen LogP) is 3.34. The zero-order valence-corrected chi connectivity index (χ0v) is 8.75. The lowest BCUT2D eigenvalue weighted by Gasteiger charge is -1.91. The second-order valence-corrected chi connectivity index (χ2v) is 3.77. The highest BCUT2D eigenvalue weighted by atomic mass is 35.5. The van der Waals surface area contributed by atoms with Gasteiger partial charge in [0.2, 0.25) is 0 Å². The molecule has 4 heteroatoms. The summed E-state index contributed by atoms with van der Waals surface area (Å²) < 4.78 is 5.58. The van der Waals surface area contributed by atoms with Gasteiger partial charge >= 0.3 is 0 Å². The van der Waals surface area contributed by atoms with Gasteiger partial charge in [-0.3, -0.25) is 0 Å². The molecule has 3 heterocycles. The fraction of sp³-hybridized carbons (Fsp3) is 0.0909. The highest BCUT2D eigenvalue weighted by Crippen LogP contribution is 2.26. The van der Waals surface area contributed by atoms with E-state index in [4.69, 9.17) is 16.0 Å². The summed E-state index contributed by atoms with van der Waals surface area (Å²) in [6, 6.07) is 7.32. The van der Waals surface area contributed by atoms with Crippen LogP contribution in [0.25, 0.3) is 22.2 Å². The Balaban J connectivity index is 2.55. The molecule has 0 radical (unpaired) electrons. The minimum atomic E-state index is 0.452. The minimum Gasteiger partial charge on any atom is -0.453 e. The highest BCUT2D eigenvalue weighted by molar-refractivity contribution is 6.30. The van der Waals surface area contributed by atoms with E-state index in [-0.39, 0.29) is 0 Å². The van der Waals surface area contributed by atoms with Crippen molar-refractivity contribution in [3.63, 3.8) is 0 Å². The summed E-state index contributed by atoms with van der Waals surface area (Å²) in [5.74, 6) is 0. The van der Waals surface area contributed by atoms with Crippen LogP contribution in [0, 0.1) is 6.92 Å². The molecule has 0 spiro atoms. The van der Waals surface area contributed by atoms with Gasteiger partial charge in [0.1, 0.15) is 16.2 Å². The molecule has 0 aliphatic heterocycles. The van der Waals surface area contributed by atoms with E-state index in [1.165, 1.54) is 0 Å². The first-order chi connectivity index (χ1) is 7.24. The van der Waals surface area contributed by atoms with Gasteiger partial charge in [-0.15, -0.1) is 0 Å². The van der Waals surface area contributed by atoms with Crippen LogP contribution < -0.4 is 0 Å². The number of nitrogens with zero attached hydrogens (tertiary/aromatic N) is 2. The van der Waals surface area contributed by atoms with Crippen LogP contribution in [0.4, 0.5) is 0 Å². The Bertz CT molecular complexity index is 604. The summed E-state index contributed by atoms with van der Waals surface area (Å²) in [6.07, 6.45) is 0. The minimum absolute atomic E-state index is 0.452. The summed E-state index contributed by atoms with van der Waals surface area (Å²) in [5, 5.41) is 0.452. The van der Waals surface area contributed by atoms with Crippen molar-refractivity contribution in [2.45, 2.75) is 6.92 Å². The van der Waals surface area contributed by atoms with Crippen LogP contribution in [0.3, 0.4) is 0 Å². The lowest BCUT2D eigenvalue weighted by molar-refractivity contribution is 0.667. The monoisotopic (exact) mass is 218 g/mol. The fourth-order valence-corrected chi connectivity index (χ4v) is 1.74. The zero-order valence-electron chi connectivity index (χ0n) is 7.99. The first-order valence-electron chi connectivity index (χ1n) is 4.56. The normalized spacial score (nSPS) is 11.3. The molecule has 0 amide bonds. The van der Waals surface area contributed by atoms with Crippen LogP contribution in [0.2, 0.25) is 5.15 Å². The number of aryl methyl sites for hydroxylation is 1. The van der Waals surface area contributed by atoms with Gasteiger partial charge in [0.15, 0.2) is 11.2 Å². The maximum atomic E-state index is 5.84. The third kappa shape index (κ3) is 1.27. The molecule has 0 aliphatic carbocycles. The second kappa shape index (κ2) is 2.94. The Morgan fingerprint density at radius 3 is 2.47 bits per heavy atom. The van der Waals surface area contributed by atoms with Crippen LogP contribution in [0.5, 0.6) is 0 Å². The molecule has 0 unspecified atom stereocenters. The smallest absolute Gasteiger partial charge is 0.155 e. The van der Waals surface area contributed by atoms with Gasteiger partial charge in [0, 0.05) is 5.69 Å². The molecule has 0 aromatic carbocycles. The fourth-order valence-electron chi connectivity index (χ4n) is 1.59. The molecule has 0 saturated carbocycles. The molecular weight excluding hydrogens is 212 g/mol. The first kappa shape index (κ1) is 8.68. The zero-order chi connectivity index (χ0) is 10.4. The maximum Gasteiger partial charge on any atom is 0.155 e. The molecule has 15 heavy (non-hydrogen) atoms. The highest BCUT2D eigenvalue weighted by Gasteiger charge is 2.09. The number of aromatic nitrogens is 2. The molecule has 74 valence electrons. The Morgan fingerprint density at radius 1 is 1.00 bits per heavy atom. The van der Waals surface area contributed by atoms with Crippen LogP contribution in [-0.4, -0.2) is 9.97 Å². The van der Waals surface area contributed by atoms with E-state index in [1.807, 2.05) is 25.1 Å². The summed E-state index contributed by atoms with van der Waals surface area (Å²) in [7, 11) is 0. The van der Waals surface area contributed by atoms with Crippen molar-refractivity contribution in [3.05, 3.63) is 35.1 Å². The molecule has 0 N–H and O–H groups in total. The Morgan fingerprint density at radius 2 is 1.67 bits per heavy atom. The SMILES string of the molecule is Cc1ccc2oc3ccc(Cl)nc3c2n1. The standard InChI is InChI=1S/C11H7ClN2O/c1-6-2-3-7-10(13-6)11-8(15-7)4-5-9(12)14-11/h2-5H,1H3. The third-order valence-corrected chi connectivity index (χ3v) is 2.48. The summed E-state index contributed by atoms with van der Waals surface area (Å²) in [4.78, 5) is 8.60. The van der Waals surface area contributed by atoms with Crippen molar-refractivity contribution in [2.24, 2.45) is 0 Å². The van der Waals surface area contributed by atoms with Gasteiger partial charge in [-0.05, 0) is 31.2 Å².